The molecule has 1 aromatic heterocycles. The van der Waals surface area contributed by atoms with Crippen LogP contribution in [0.5, 0.6) is 5.75 Å². The zero-order chi connectivity index (χ0) is 16.5. The number of likely N-dealkylation sites (tertiary alicyclic amines) is 1. The third-order valence-electron chi connectivity index (χ3n) is 5.15. The van der Waals surface area contributed by atoms with Crippen molar-refractivity contribution >= 4 is 5.91 Å². The lowest BCUT2D eigenvalue weighted by Gasteiger charge is -2.32. The summed E-state index contributed by atoms with van der Waals surface area (Å²) in [6.07, 6.45) is 6.32. The van der Waals surface area contributed by atoms with Crippen LogP contribution in [-0.4, -0.2) is 45.8 Å². The molecule has 0 radical (unpaired) electrons. The fraction of sp³-hybridized carbons (Fsp3) is 0.500. The molecule has 2 fully saturated rings. The zero-order valence-electron chi connectivity index (χ0n) is 13.8. The summed E-state index contributed by atoms with van der Waals surface area (Å²) in [7, 11) is 1.67. The molecule has 0 unspecified atom stereocenters. The molecule has 0 spiro atoms. The number of aromatic nitrogens is 3. The van der Waals surface area contributed by atoms with Crippen molar-refractivity contribution < 1.29 is 9.53 Å². The number of methoxy groups -OCH3 is 1. The van der Waals surface area contributed by atoms with E-state index >= 15 is 0 Å². The number of ether oxygens (including phenoxy) is 1. The quantitative estimate of drug-likeness (QED) is 0.865. The van der Waals surface area contributed by atoms with Gasteiger partial charge >= 0.3 is 0 Å². The average Bonchev–Trinajstić information content (AvgIpc) is 3.25. The predicted molar refractivity (Wildman–Crippen MR) is 88.7 cm³/mol. The highest BCUT2D eigenvalue weighted by Crippen LogP contribution is 2.49. The van der Waals surface area contributed by atoms with Gasteiger partial charge in [0.25, 0.3) is 0 Å². The molecule has 1 aliphatic heterocycles. The summed E-state index contributed by atoms with van der Waals surface area (Å²) in [5.74, 6) is 1.59. The molecule has 2 heterocycles. The Labute approximate surface area is 141 Å². The number of rotatable bonds is 4. The van der Waals surface area contributed by atoms with Crippen LogP contribution in [0, 0.1) is 5.92 Å². The molecule has 6 nitrogen and oxygen atoms in total. The first-order chi connectivity index (χ1) is 11.8. The smallest absolute Gasteiger partial charge is 0.226 e. The highest BCUT2D eigenvalue weighted by molar-refractivity contribution is 5.83. The second-order valence-corrected chi connectivity index (χ2v) is 6.68. The van der Waals surface area contributed by atoms with Crippen molar-refractivity contribution in [2.24, 2.45) is 5.92 Å². The Morgan fingerprint density at radius 3 is 3.08 bits per heavy atom. The summed E-state index contributed by atoms with van der Waals surface area (Å²) >= 11 is 0. The van der Waals surface area contributed by atoms with Crippen molar-refractivity contribution in [1.29, 1.82) is 0 Å². The molecule has 0 N–H and O–H groups in total. The minimum Gasteiger partial charge on any atom is -0.497 e. The zero-order valence-corrected chi connectivity index (χ0v) is 13.8. The van der Waals surface area contributed by atoms with E-state index in [1.54, 1.807) is 19.8 Å². The molecule has 1 saturated heterocycles. The van der Waals surface area contributed by atoms with Crippen molar-refractivity contribution in [2.75, 3.05) is 20.2 Å². The first-order valence-corrected chi connectivity index (χ1v) is 8.53. The van der Waals surface area contributed by atoms with E-state index < -0.39 is 0 Å². The van der Waals surface area contributed by atoms with Crippen molar-refractivity contribution in [3.05, 3.63) is 42.5 Å². The van der Waals surface area contributed by atoms with Crippen molar-refractivity contribution in [3.63, 3.8) is 0 Å². The van der Waals surface area contributed by atoms with Gasteiger partial charge in [0.05, 0.1) is 13.2 Å². The van der Waals surface area contributed by atoms with Gasteiger partial charge < -0.3 is 9.64 Å². The molecule has 2 aliphatic rings. The van der Waals surface area contributed by atoms with Crippen molar-refractivity contribution in [1.82, 2.24) is 19.7 Å². The fourth-order valence-electron chi connectivity index (χ4n) is 3.72. The van der Waals surface area contributed by atoms with Crippen LogP contribution >= 0.6 is 0 Å². The second-order valence-electron chi connectivity index (χ2n) is 6.68. The number of nitrogens with zero attached hydrogens (tertiary/aromatic N) is 4. The van der Waals surface area contributed by atoms with Crippen LogP contribution in [0.3, 0.4) is 0 Å². The summed E-state index contributed by atoms with van der Waals surface area (Å²) in [6.45, 7) is 1.59. The third kappa shape index (κ3) is 2.88. The number of benzene rings is 1. The van der Waals surface area contributed by atoms with Crippen LogP contribution in [0.15, 0.2) is 36.9 Å². The largest absolute Gasteiger partial charge is 0.497 e. The number of hydrogen-bond donors (Lipinski definition) is 0. The van der Waals surface area contributed by atoms with Gasteiger partial charge in [-0.15, -0.1) is 0 Å². The summed E-state index contributed by atoms with van der Waals surface area (Å²) in [6, 6.07) is 8.33. The minimum absolute atomic E-state index is 0.117. The highest BCUT2D eigenvalue weighted by Gasteiger charge is 2.46. The van der Waals surface area contributed by atoms with E-state index in [-0.39, 0.29) is 17.9 Å². The van der Waals surface area contributed by atoms with E-state index in [1.807, 2.05) is 27.8 Å². The maximum Gasteiger partial charge on any atom is 0.226 e. The van der Waals surface area contributed by atoms with Crippen molar-refractivity contribution in [2.45, 2.75) is 31.2 Å². The molecule has 6 heteroatoms. The molecule has 1 amide bonds. The first kappa shape index (κ1) is 15.2. The van der Waals surface area contributed by atoms with Gasteiger partial charge in [-0.25, -0.2) is 9.67 Å². The SMILES string of the molecule is COc1cccc([C@@H]2C[C@@H]2C(=O)N2CCC[C@@H](n3cncn3)C2)c1. The Morgan fingerprint density at radius 1 is 1.38 bits per heavy atom. The van der Waals surface area contributed by atoms with Gasteiger partial charge in [0.2, 0.25) is 5.91 Å². The monoisotopic (exact) mass is 326 g/mol. The highest BCUT2D eigenvalue weighted by atomic mass is 16.5. The van der Waals surface area contributed by atoms with E-state index in [4.69, 9.17) is 4.74 Å². The number of carbonyl (C=O) groups is 1. The molecular formula is C18H22N4O2. The average molecular weight is 326 g/mol. The van der Waals surface area contributed by atoms with Crippen LogP contribution in [-0.2, 0) is 4.79 Å². The molecule has 0 bridgehead atoms. The fourth-order valence-corrected chi connectivity index (χ4v) is 3.72. The molecule has 4 rings (SSSR count). The van der Waals surface area contributed by atoms with Gasteiger partial charge in [-0.05, 0) is 42.9 Å². The second kappa shape index (κ2) is 6.26. The number of hydrogen-bond acceptors (Lipinski definition) is 4. The molecular weight excluding hydrogens is 304 g/mol. The van der Waals surface area contributed by atoms with Gasteiger partial charge in [-0.2, -0.15) is 5.10 Å². The Hall–Kier alpha value is -2.37. The molecule has 3 atom stereocenters. The lowest BCUT2D eigenvalue weighted by Crippen LogP contribution is -2.41. The summed E-state index contributed by atoms with van der Waals surface area (Å²) in [4.78, 5) is 18.9. The van der Waals surface area contributed by atoms with Gasteiger partial charge in [-0.1, -0.05) is 12.1 Å². The standard InChI is InChI=1S/C18H22N4O2/c1-24-15-6-2-4-13(8-15)16-9-17(16)18(23)21-7-3-5-14(10-21)22-12-19-11-20-22/h2,4,6,8,11-12,14,16-17H,3,5,7,9-10H2,1H3/t14-,16+,17+/m1/s1. The Morgan fingerprint density at radius 2 is 2.29 bits per heavy atom. The predicted octanol–water partition coefficient (Wildman–Crippen LogP) is 2.25. The van der Waals surface area contributed by atoms with Crippen LogP contribution in [0.25, 0.3) is 0 Å². The Balaban J connectivity index is 1.41. The molecule has 1 aromatic carbocycles. The summed E-state index contributed by atoms with van der Waals surface area (Å²) < 4.78 is 7.17. The van der Waals surface area contributed by atoms with Crippen LogP contribution in [0.1, 0.15) is 36.8 Å². The minimum atomic E-state index is 0.117. The summed E-state index contributed by atoms with van der Waals surface area (Å²) in [5.41, 5.74) is 1.21. The topological polar surface area (TPSA) is 60.2 Å². The maximum atomic E-state index is 12.9. The summed E-state index contributed by atoms with van der Waals surface area (Å²) in [5, 5.41) is 4.23. The Kier molecular flexibility index (Phi) is 3.96. The Bertz CT molecular complexity index is 716. The number of amides is 1. The molecule has 24 heavy (non-hydrogen) atoms. The number of carbonyl (C=O) groups excluding carboxylic acids is 1. The van der Waals surface area contributed by atoms with E-state index in [9.17, 15) is 4.79 Å². The van der Waals surface area contributed by atoms with Crippen LogP contribution in [0.4, 0.5) is 0 Å². The maximum absolute atomic E-state index is 12.9. The van der Waals surface area contributed by atoms with E-state index in [0.717, 1.165) is 38.1 Å². The molecule has 1 saturated carbocycles. The van der Waals surface area contributed by atoms with Gasteiger partial charge in [0.15, 0.2) is 0 Å². The van der Waals surface area contributed by atoms with E-state index in [0.29, 0.717) is 5.92 Å². The van der Waals surface area contributed by atoms with Gasteiger partial charge in [0, 0.05) is 19.0 Å². The first-order valence-electron chi connectivity index (χ1n) is 8.53. The van der Waals surface area contributed by atoms with Gasteiger partial charge in [-0.3, -0.25) is 4.79 Å². The third-order valence-corrected chi connectivity index (χ3v) is 5.15. The lowest BCUT2D eigenvalue weighted by molar-refractivity contribution is -0.134. The number of piperidine rings is 1. The van der Waals surface area contributed by atoms with E-state index in [1.165, 1.54) is 5.56 Å². The molecule has 126 valence electrons. The normalized spacial score (nSPS) is 26.2. The van der Waals surface area contributed by atoms with Gasteiger partial charge in [0.1, 0.15) is 18.4 Å². The molecule has 1 aliphatic carbocycles. The molecule has 2 aromatic rings. The van der Waals surface area contributed by atoms with Crippen LogP contribution in [0.2, 0.25) is 0 Å². The van der Waals surface area contributed by atoms with Crippen LogP contribution < -0.4 is 4.74 Å². The van der Waals surface area contributed by atoms with Crippen molar-refractivity contribution in [3.8, 4) is 5.75 Å². The van der Waals surface area contributed by atoms with E-state index in [2.05, 4.69) is 16.1 Å². The lowest BCUT2D eigenvalue weighted by atomic mass is 10.0.